The number of rotatable bonds is 0. The van der Waals surface area contributed by atoms with Gasteiger partial charge in [-0.1, -0.05) is 24.6 Å². The van der Waals surface area contributed by atoms with Gasteiger partial charge in [0.1, 0.15) is 5.75 Å². The number of hydrogen-bond acceptors (Lipinski definition) is 6. The van der Waals surface area contributed by atoms with Crippen molar-refractivity contribution >= 4 is 35.1 Å². The normalized spacial score (nSPS) is 34.0. The number of amides is 1. The second-order valence-corrected chi connectivity index (χ2v) is 13.9. The average molecular weight is 583 g/mol. The van der Waals surface area contributed by atoms with Gasteiger partial charge in [0.05, 0.1) is 37.7 Å². The topological polar surface area (TPSA) is 60.0 Å². The number of carbonyl (C=O) groups is 1. The van der Waals surface area contributed by atoms with E-state index in [1.807, 2.05) is 24.3 Å². The second kappa shape index (κ2) is 11.0. The lowest BCUT2D eigenvalue weighted by atomic mass is 9.67. The molecular formula is C32H39ClN2O4S. The summed E-state index contributed by atoms with van der Waals surface area (Å²) in [6, 6.07) is 12.3. The molecule has 5 aliphatic rings. The molecule has 2 fully saturated rings. The average Bonchev–Trinajstić information content (AvgIpc) is 3.09. The third-order valence-electron chi connectivity index (χ3n) is 10.1. The molecule has 214 valence electrons. The Morgan fingerprint density at radius 1 is 1.12 bits per heavy atom. The molecule has 1 amide bonds. The summed E-state index contributed by atoms with van der Waals surface area (Å²) < 4.78 is 22.4. The fourth-order valence-electron chi connectivity index (χ4n) is 7.71. The van der Waals surface area contributed by atoms with E-state index in [0.717, 1.165) is 67.6 Å². The maximum absolute atomic E-state index is 13.2. The van der Waals surface area contributed by atoms with Gasteiger partial charge < -0.3 is 19.1 Å². The molecule has 4 bridgehead atoms. The highest BCUT2D eigenvalue weighted by Gasteiger charge is 2.46. The molecule has 8 heteroatoms. The minimum absolute atomic E-state index is 0.0718. The maximum Gasteiger partial charge on any atom is 0.261 e. The molecule has 7 rings (SSSR count). The Hall–Kier alpha value is -1.93. The Labute approximate surface area is 246 Å². The molecule has 1 N–H and O–H groups in total. The lowest BCUT2D eigenvalue weighted by Gasteiger charge is -2.48. The number of ether oxygens (including phenoxy) is 3. The molecule has 0 aromatic heterocycles. The quantitative estimate of drug-likeness (QED) is 0.382. The van der Waals surface area contributed by atoms with Crippen LogP contribution >= 0.6 is 23.5 Å². The first kappa shape index (κ1) is 26.9. The lowest BCUT2D eigenvalue weighted by Crippen LogP contribution is -2.51. The molecule has 40 heavy (non-hydrogen) atoms. The fourth-order valence-corrected chi connectivity index (χ4v) is 8.43. The standard InChI is InChI=1S/C32H39ClN2O4S/c1-20-17-38-30-15-29(20)37-11-12-40-34-31(36)22-5-9-28-27(14-22)35(16-23-4-7-25(23)30)18-32(19-39-28)10-2-3-21-13-24(33)6-8-26(21)32/h5-6,8-9,13-14,20,23,25,29-30H,2-4,7,10-12,15-19H2,1H3,(H,34,36)/t20-,23-,25+,29-,30-,32-/m0/s1. The van der Waals surface area contributed by atoms with Gasteiger partial charge >= 0.3 is 0 Å². The van der Waals surface area contributed by atoms with Crippen LogP contribution in [0.5, 0.6) is 5.75 Å². The summed E-state index contributed by atoms with van der Waals surface area (Å²) in [4.78, 5) is 15.7. The summed E-state index contributed by atoms with van der Waals surface area (Å²) in [7, 11) is 0. The molecule has 0 radical (unpaired) electrons. The largest absolute Gasteiger partial charge is 0.490 e. The van der Waals surface area contributed by atoms with E-state index in [0.29, 0.717) is 36.5 Å². The number of halogens is 1. The highest BCUT2D eigenvalue weighted by Crippen LogP contribution is 2.47. The minimum Gasteiger partial charge on any atom is -0.490 e. The number of fused-ring (bicyclic) bond motifs is 7. The number of nitrogens with zero attached hydrogens (tertiary/aromatic N) is 1. The van der Waals surface area contributed by atoms with Crippen LogP contribution in [0.4, 0.5) is 5.69 Å². The van der Waals surface area contributed by atoms with Crippen LogP contribution < -0.4 is 14.4 Å². The van der Waals surface area contributed by atoms with Crippen LogP contribution in [0.1, 0.15) is 60.5 Å². The second-order valence-electron chi connectivity index (χ2n) is 12.6. The summed E-state index contributed by atoms with van der Waals surface area (Å²) in [5, 5.41) is 0.800. The number of aryl methyl sites for hydroxylation is 1. The highest BCUT2D eigenvalue weighted by molar-refractivity contribution is 7.97. The van der Waals surface area contributed by atoms with Crippen LogP contribution in [0.15, 0.2) is 36.4 Å². The van der Waals surface area contributed by atoms with Gasteiger partial charge in [0.25, 0.3) is 5.91 Å². The Balaban J connectivity index is 1.26. The Bertz CT molecular complexity index is 1280. The first-order valence-electron chi connectivity index (χ1n) is 15.0. The number of hydrogen-bond donors (Lipinski definition) is 1. The van der Waals surface area contributed by atoms with Crippen LogP contribution in [-0.4, -0.2) is 56.8 Å². The molecule has 1 saturated carbocycles. The van der Waals surface area contributed by atoms with E-state index in [2.05, 4.69) is 28.7 Å². The highest BCUT2D eigenvalue weighted by atomic mass is 35.5. The lowest BCUT2D eigenvalue weighted by molar-refractivity contribution is -0.139. The summed E-state index contributed by atoms with van der Waals surface area (Å²) in [6.07, 6.45) is 7.08. The molecule has 0 unspecified atom stereocenters. The van der Waals surface area contributed by atoms with Crippen molar-refractivity contribution in [2.75, 3.05) is 43.6 Å². The summed E-state index contributed by atoms with van der Waals surface area (Å²) in [6.45, 7) is 6.05. The predicted molar refractivity (Wildman–Crippen MR) is 160 cm³/mol. The Morgan fingerprint density at radius 2 is 2.05 bits per heavy atom. The van der Waals surface area contributed by atoms with Crippen LogP contribution in [0.2, 0.25) is 5.02 Å². The predicted octanol–water partition coefficient (Wildman–Crippen LogP) is 6.04. The number of carbonyl (C=O) groups excluding carboxylic acids is 1. The molecule has 1 saturated heterocycles. The zero-order chi connectivity index (χ0) is 27.3. The molecule has 6 atom stereocenters. The van der Waals surface area contributed by atoms with Gasteiger partial charge in [-0.3, -0.25) is 9.52 Å². The van der Waals surface area contributed by atoms with Crippen LogP contribution in [0.3, 0.4) is 0 Å². The van der Waals surface area contributed by atoms with Crippen molar-refractivity contribution in [2.24, 2.45) is 17.8 Å². The zero-order valence-corrected chi connectivity index (χ0v) is 24.8. The Morgan fingerprint density at radius 3 is 2.92 bits per heavy atom. The van der Waals surface area contributed by atoms with Crippen molar-refractivity contribution in [2.45, 2.75) is 63.1 Å². The maximum atomic E-state index is 13.2. The van der Waals surface area contributed by atoms with Crippen molar-refractivity contribution in [3.8, 4) is 5.75 Å². The minimum atomic E-state index is -0.120. The smallest absolute Gasteiger partial charge is 0.261 e. The van der Waals surface area contributed by atoms with E-state index in [4.69, 9.17) is 25.8 Å². The SMILES string of the molecule is C[C@H]1CO[C@H]2C[C@@H]1OCCSNC(=O)c1ccc3c(c1)N(C[C@@H]1CC[C@H]12)C[C@@]1(CCCc2cc(Cl)ccc21)CO3. The third kappa shape index (κ3) is 5.01. The van der Waals surface area contributed by atoms with Gasteiger partial charge in [0.15, 0.2) is 0 Å². The van der Waals surface area contributed by atoms with Gasteiger partial charge in [0, 0.05) is 47.2 Å². The monoisotopic (exact) mass is 582 g/mol. The van der Waals surface area contributed by atoms with E-state index in [-0.39, 0.29) is 23.5 Å². The molecule has 1 spiro atoms. The molecule has 2 aromatic rings. The van der Waals surface area contributed by atoms with E-state index in [1.54, 1.807) is 0 Å². The Kier molecular flexibility index (Phi) is 7.44. The number of nitrogens with one attached hydrogen (secondary N) is 1. The van der Waals surface area contributed by atoms with Crippen molar-refractivity contribution in [3.63, 3.8) is 0 Å². The fraction of sp³-hybridized carbons (Fsp3) is 0.594. The van der Waals surface area contributed by atoms with Gasteiger partial charge in [-0.25, -0.2) is 0 Å². The van der Waals surface area contributed by atoms with Gasteiger partial charge in [0.2, 0.25) is 0 Å². The van der Waals surface area contributed by atoms with Crippen LogP contribution in [0.25, 0.3) is 0 Å². The van der Waals surface area contributed by atoms with Gasteiger partial charge in [-0.2, -0.15) is 0 Å². The van der Waals surface area contributed by atoms with Gasteiger partial charge in [-0.15, -0.1) is 0 Å². The number of benzene rings is 2. The van der Waals surface area contributed by atoms with Crippen molar-refractivity contribution in [1.82, 2.24) is 4.72 Å². The van der Waals surface area contributed by atoms with E-state index < -0.39 is 0 Å². The van der Waals surface area contributed by atoms with E-state index in [9.17, 15) is 4.79 Å². The van der Waals surface area contributed by atoms with Crippen molar-refractivity contribution < 1.29 is 19.0 Å². The zero-order valence-electron chi connectivity index (χ0n) is 23.2. The molecule has 6 nitrogen and oxygen atoms in total. The molecule has 2 aromatic carbocycles. The van der Waals surface area contributed by atoms with Crippen molar-refractivity contribution in [3.05, 3.63) is 58.1 Å². The third-order valence-corrected chi connectivity index (χ3v) is 11.0. The van der Waals surface area contributed by atoms with Crippen LogP contribution in [0, 0.1) is 17.8 Å². The van der Waals surface area contributed by atoms with E-state index >= 15 is 0 Å². The molecular weight excluding hydrogens is 544 g/mol. The molecule has 3 heterocycles. The summed E-state index contributed by atoms with van der Waals surface area (Å²) in [5.41, 5.74) is 4.29. The van der Waals surface area contributed by atoms with Gasteiger partial charge in [-0.05, 0) is 97.3 Å². The molecule has 3 aliphatic heterocycles. The van der Waals surface area contributed by atoms with Crippen LogP contribution in [-0.2, 0) is 21.3 Å². The number of anilines is 1. The molecule has 2 aliphatic carbocycles. The van der Waals surface area contributed by atoms with E-state index in [1.165, 1.54) is 35.9 Å². The first-order valence-corrected chi connectivity index (χ1v) is 16.3. The summed E-state index contributed by atoms with van der Waals surface area (Å²) >= 11 is 7.85. The first-order chi connectivity index (χ1) is 19.5. The van der Waals surface area contributed by atoms with Crippen molar-refractivity contribution in [1.29, 1.82) is 0 Å². The summed E-state index contributed by atoms with van der Waals surface area (Å²) in [5.74, 6) is 2.98.